The van der Waals surface area contributed by atoms with E-state index in [0.717, 1.165) is 0 Å². The highest BCUT2D eigenvalue weighted by Crippen LogP contribution is 2.12. The Kier molecular flexibility index (Phi) is 12.0. The molecule has 12 nitrogen and oxygen atoms in total. The lowest BCUT2D eigenvalue weighted by atomic mass is 10.0. The van der Waals surface area contributed by atoms with Gasteiger partial charge in [0.05, 0.1) is 12.5 Å². The molecule has 0 aromatic heterocycles. The Morgan fingerprint density at radius 3 is 1.91 bits per heavy atom. The number of hydrogen-bond donors (Lipinski definition) is 8. The third kappa shape index (κ3) is 10.6. The van der Waals surface area contributed by atoms with E-state index in [9.17, 15) is 34.2 Å². The van der Waals surface area contributed by atoms with Crippen LogP contribution in [0.5, 0.6) is 5.75 Å². The molecule has 13 heteroatoms. The molecule has 9 N–H and O–H groups in total. The topological polar surface area (TPSA) is 214 Å². The maximum Gasteiger partial charge on any atom is 0.326 e. The standard InChI is InChI=1S/C22H33N5O7S/c1-11(2)7-17(22(33)34)27-21(32)16(9-18(24)29)26-20(31)15(25-19(30)14(23)10-35)8-12-3-5-13(28)6-4-12/h3-6,11,14-17,28,35H,7-10,23H2,1-2H3,(H2,24,29)(H,25,30)(H,26,31)(H,27,32)(H,33,34). The van der Waals surface area contributed by atoms with Crippen molar-refractivity contribution < 1.29 is 34.2 Å². The minimum Gasteiger partial charge on any atom is -0.508 e. The quantitative estimate of drug-likeness (QED) is 0.139. The molecular weight excluding hydrogens is 478 g/mol. The molecule has 4 unspecified atom stereocenters. The fraction of sp³-hybridized carbons (Fsp3) is 0.500. The molecule has 1 aromatic rings. The highest BCUT2D eigenvalue weighted by molar-refractivity contribution is 7.80. The number of phenolic OH excluding ortho intramolecular Hbond substituents is 1. The summed E-state index contributed by atoms with van der Waals surface area (Å²) in [5.74, 6) is -4.62. The number of amides is 4. The van der Waals surface area contributed by atoms with Crippen molar-refractivity contribution in [1.29, 1.82) is 0 Å². The first-order chi connectivity index (χ1) is 16.3. The summed E-state index contributed by atoms with van der Waals surface area (Å²) in [6.07, 6.45) is -0.506. The largest absolute Gasteiger partial charge is 0.508 e. The van der Waals surface area contributed by atoms with E-state index in [1.165, 1.54) is 24.3 Å². The molecule has 0 radical (unpaired) electrons. The molecular formula is C22H33N5O7S. The van der Waals surface area contributed by atoms with Gasteiger partial charge in [-0.25, -0.2) is 4.79 Å². The Morgan fingerprint density at radius 2 is 1.43 bits per heavy atom. The Labute approximate surface area is 208 Å². The minimum absolute atomic E-state index is 0.00320. The van der Waals surface area contributed by atoms with Gasteiger partial charge in [-0.2, -0.15) is 12.6 Å². The number of aliphatic carboxylic acids is 1. The van der Waals surface area contributed by atoms with Gasteiger partial charge in [0.2, 0.25) is 23.6 Å². The average molecular weight is 512 g/mol. The van der Waals surface area contributed by atoms with Gasteiger partial charge in [-0.05, 0) is 30.0 Å². The maximum atomic E-state index is 13.1. The summed E-state index contributed by atoms with van der Waals surface area (Å²) in [5.41, 5.74) is 11.5. The van der Waals surface area contributed by atoms with Gasteiger partial charge in [-0.1, -0.05) is 26.0 Å². The van der Waals surface area contributed by atoms with Crippen molar-refractivity contribution in [3.8, 4) is 5.75 Å². The van der Waals surface area contributed by atoms with Crippen LogP contribution in [0.3, 0.4) is 0 Å². The number of carboxylic acid groups (broad SMARTS) is 1. The normalized spacial score (nSPS) is 14.3. The zero-order chi connectivity index (χ0) is 26.7. The molecule has 0 saturated carbocycles. The third-order valence-corrected chi connectivity index (χ3v) is 5.30. The highest BCUT2D eigenvalue weighted by Gasteiger charge is 2.31. The second-order valence-electron chi connectivity index (χ2n) is 8.48. The van der Waals surface area contributed by atoms with Gasteiger partial charge in [-0.15, -0.1) is 0 Å². The van der Waals surface area contributed by atoms with Crippen LogP contribution in [0.4, 0.5) is 0 Å². The summed E-state index contributed by atoms with van der Waals surface area (Å²) in [7, 11) is 0. The molecule has 1 rings (SSSR count). The number of aromatic hydroxyl groups is 1. The van der Waals surface area contributed by atoms with Gasteiger partial charge in [0.15, 0.2) is 0 Å². The van der Waals surface area contributed by atoms with Crippen molar-refractivity contribution in [3.05, 3.63) is 29.8 Å². The summed E-state index contributed by atoms with van der Waals surface area (Å²) < 4.78 is 0. The van der Waals surface area contributed by atoms with Crippen LogP contribution in [0.1, 0.15) is 32.3 Å². The van der Waals surface area contributed by atoms with E-state index in [1.54, 1.807) is 13.8 Å². The molecule has 4 amide bonds. The average Bonchev–Trinajstić information content (AvgIpc) is 2.77. The van der Waals surface area contributed by atoms with Crippen LogP contribution >= 0.6 is 12.6 Å². The van der Waals surface area contributed by atoms with Crippen LogP contribution in [0, 0.1) is 5.92 Å². The predicted molar refractivity (Wildman–Crippen MR) is 130 cm³/mol. The molecule has 1 aromatic carbocycles. The van der Waals surface area contributed by atoms with Crippen LogP contribution < -0.4 is 27.4 Å². The lowest BCUT2D eigenvalue weighted by Crippen LogP contribution is -2.58. The first-order valence-corrected chi connectivity index (χ1v) is 11.5. The molecule has 0 aliphatic carbocycles. The minimum atomic E-state index is -1.48. The van der Waals surface area contributed by atoms with E-state index >= 15 is 0 Å². The maximum absolute atomic E-state index is 13.1. The van der Waals surface area contributed by atoms with Crippen LogP contribution in [0.2, 0.25) is 0 Å². The summed E-state index contributed by atoms with van der Waals surface area (Å²) in [6.45, 7) is 3.55. The van der Waals surface area contributed by atoms with Crippen molar-refractivity contribution in [2.45, 2.75) is 57.3 Å². The zero-order valence-electron chi connectivity index (χ0n) is 19.6. The van der Waals surface area contributed by atoms with Crippen LogP contribution in [0.25, 0.3) is 0 Å². The Hall–Kier alpha value is -3.32. The number of thiol groups is 1. The van der Waals surface area contributed by atoms with Gasteiger partial charge in [0.1, 0.15) is 23.9 Å². The van der Waals surface area contributed by atoms with E-state index in [-0.39, 0.29) is 30.3 Å². The number of phenols is 1. The van der Waals surface area contributed by atoms with Gasteiger partial charge in [0.25, 0.3) is 0 Å². The van der Waals surface area contributed by atoms with E-state index in [0.29, 0.717) is 5.56 Å². The molecule has 0 spiro atoms. The number of nitrogens with two attached hydrogens (primary N) is 2. The summed E-state index contributed by atoms with van der Waals surface area (Å²) in [5, 5.41) is 26.0. The Morgan fingerprint density at radius 1 is 0.914 bits per heavy atom. The Balaban J connectivity index is 3.12. The van der Waals surface area contributed by atoms with Crippen molar-refractivity contribution >= 4 is 42.2 Å². The molecule has 35 heavy (non-hydrogen) atoms. The van der Waals surface area contributed by atoms with Crippen molar-refractivity contribution in [2.75, 3.05) is 5.75 Å². The predicted octanol–water partition coefficient (Wildman–Crippen LogP) is -1.35. The van der Waals surface area contributed by atoms with Crippen molar-refractivity contribution in [2.24, 2.45) is 17.4 Å². The van der Waals surface area contributed by atoms with Crippen molar-refractivity contribution in [1.82, 2.24) is 16.0 Å². The Bertz CT molecular complexity index is 910. The number of rotatable bonds is 14. The molecule has 0 aliphatic heterocycles. The second-order valence-corrected chi connectivity index (χ2v) is 8.85. The van der Waals surface area contributed by atoms with Gasteiger partial charge in [-0.3, -0.25) is 19.2 Å². The lowest BCUT2D eigenvalue weighted by Gasteiger charge is -2.25. The monoisotopic (exact) mass is 511 g/mol. The molecule has 0 bridgehead atoms. The number of carbonyl (C=O) groups is 5. The first kappa shape index (κ1) is 29.7. The van der Waals surface area contributed by atoms with Crippen LogP contribution in [-0.2, 0) is 30.4 Å². The second kappa shape index (κ2) is 14.2. The van der Waals surface area contributed by atoms with E-state index in [1.807, 2.05) is 0 Å². The zero-order valence-corrected chi connectivity index (χ0v) is 20.5. The summed E-state index contributed by atoms with van der Waals surface area (Å²) in [4.78, 5) is 61.2. The molecule has 0 aliphatic rings. The third-order valence-electron chi connectivity index (χ3n) is 4.90. The molecule has 0 saturated heterocycles. The van der Waals surface area contributed by atoms with Crippen LogP contribution in [0.15, 0.2) is 24.3 Å². The first-order valence-electron chi connectivity index (χ1n) is 10.9. The number of carboxylic acids is 1. The fourth-order valence-electron chi connectivity index (χ4n) is 3.09. The number of nitrogens with one attached hydrogen (secondary N) is 3. The number of hydrogen-bond acceptors (Lipinski definition) is 8. The highest BCUT2D eigenvalue weighted by atomic mass is 32.1. The fourth-order valence-corrected chi connectivity index (χ4v) is 3.25. The van der Waals surface area contributed by atoms with Crippen LogP contribution in [-0.4, -0.2) is 69.7 Å². The van der Waals surface area contributed by atoms with Gasteiger partial charge < -0.3 is 37.6 Å². The van der Waals surface area contributed by atoms with E-state index in [2.05, 4.69) is 28.6 Å². The molecule has 194 valence electrons. The molecule has 0 heterocycles. The number of primary amides is 1. The number of carbonyl (C=O) groups excluding carboxylic acids is 4. The van der Waals surface area contributed by atoms with Crippen molar-refractivity contribution in [3.63, 3.8) is 0 Å². The van der Waals surface area contributed by atoms with Gasteiger partial charge in [0, 0.05) is 12.2 Å². The summed E-state index contributed by atoms with van der Waals surface area (Å²) in [6, 6.07) is 0.931. The molecule has 0 fully saturated rings. The number of benzene rings is 1. The molecule has 4 atom stereocenters. The summed E-state index contributed by atoms with van der Waals surface area (Å²) >= 11 is 3.96. The smallest absolute Gasteiger partial charge is 0.326 e. The lowest BCUT2D eigenvalue weighted by molar-refractivity contribution is -0.143. The van der Waals surface area contributed by atoms with Gasteiger partial charge >= 0.3 is 5.97 Å². The SMILES string of the molecule is CC(C)CC(NC(=O)C(CC(N)=O)NC(=O)C(Cc1ccc(O)cc1)NC(=O)C(N)CS)C(=O)O. The van der Waals surface area contributed by atoms with E-state index < -0.39 is 60.2 Å². The van der Waals surface area contributed by atoms with E-state index in [4.69, 9.17) is 11.5 Å².